The molecule has 1 nitrogen and oxygen atoms in total. The first-order valence-electron chi connectivity index (χ1n) is 3.71. The van der Waals surface area contributed by atoms with E-state index in [9.17, 15) is 0 Å². The van der Waals surface area contributed by atoms with Gasteiger partial charge in [-0.2, -0.15) is 0 Å². The molecule has 2 heteroatoms. The summed E-state index contributed by atoms with van der Waals surface area (Å²) in [7, 11) is 0. The first-order chi connectivity index (χ1) is 5.25. The number of thioether (sulfide) groups is 1. The first-order valence-corrected chi connectivity index (χ1v) is 4.59. The maximum atomic E-state index is 4.41. The summed E-state index contributed by atoms with van der Waals surface area (Å²) in [6.45, 7) is 4.19. The van der Waals surface area contributed by atoms with E-state index in [4.69, 9.17) is 0 Å². The number of aliphatic imine (C=N–C) groups is 1. The van der Waals surface area contributed by atoms with Gasteiger partial charge in [-0.15, -0.1) is 0 Å². The summed E-state index contributed by atoms with van der Waals surface area (Å²) >= 11 is 1.84. The summed E-state index contributed by atoms with van der Waals surface area (Å²) in [5.74, 6) is 0. The smallest absolute Gasteiger partial charge is 0.0713 e. The normalized spacial score (nSPS) is 28.9. The molecule has 2 rings (SSSR count). The van der Waals surface area contributed by atoms with Crippen LogP contribution in [0.1, 0.15) is 13.8 Å². The van der Waals surface area contributed by atoms with Crippen molar-refractivity contribution in [2.24, 2.45) is 4.99 Å². The summed E-state index contributed by atoms with van der Waals surface area (Å²) in [5.41, 5.74) is 2.55. The fourth-order valence-corrected chi connectivity index (χ4v) is 2.34. The lowest BCUT2D eigenvalue weighted by atomic mass is 10.1. The predicted molar refractivity (Wildman–Crippen MR) is 50.6 cm³/mol. The van der Waals surface area contributed by atoms with E-state index >= 15 is 0 Å². The molecule has 0 saturated carbocycles. The minimum absolute atomic E-state index is 0.500. The Morgan fingerprint density at radius 3 is 3.09 bits per heavy atom. The van der Waals surface area contributed by atoms with Crippen LogP contribution >= 0.6 is 11.8 Å². The van der Waals surface area contributed by atoms with Crippen LogP contribution in [0.3, 0.4) is 0 Å². The van der Waals surface area contributed by atoms with Gasteiger partial charge in [-0.3, -0.25) is 4.99 Å². The number of fused-ring (bicyclic) bond motifs is 1. The summed E-state index contributed by atoms with van der Waals surface area (Å²) in [4.78, 5) is 4.41. The molecular weight excluding hydrogens is 154 g/mol. The Morgan fingerprint density at radius 2 is 2.27 bits per heavy atom. The zero-order valence-electron chi connectivity index (χ0n) is 6.66. The number of hydrogen-bond donors (Lipinski definition) is 0. The van der Waals surface area contributed by atoms with Gasteiger partial charge in [0.25, 0.3) is 0 Å². The molecule has 2 aliphatic rings. The Kier molecular flexibility index (Phi) is 1.64. The largest absolute Gasteiger partial charge is 0.250 e. The quantitative estimate of drug-likeness (QED) is 0.536. The minimum Gasteiger partial charge on any atom is -0.250 e. The molecule has 0 aromatic carbocycles. The Labute approximate surface area is 71.3 Å². The predicted octanol–water partition coefficient (Wildman–Crippen LogP) is 2.57. The first kappa shape index (κ1) is 7.17. The third-order valence-electron chi connectivity index (χ3n) is 1.81. The molecule has 11 heavy (non-hydrogen) atoms. The van der Waals surface area contributed by atoms with Crippen molar-refractivity contribution in [1.29, 1.82) is 0 Å². The van der Waals surface area contributed by atoms with Crippen molar-refractivity contribution in [3.63, 3.8) is 0 Å². The molecule has 0 spiro atoms. The monoisotopic (exact) mass is 164 g/mol. The Hall–Kier alpha value is -0.500. The highest BCUT2D eigenvalue weighted by molar-refractivity contribution is 8.15. The third kappa shape index (κ3) is 1.27. The van der Waals surface area contributed by atoms with E-state index in [2.05, 4.69) is 37.4 Å². The minimum atomic E-state index is 0.500. The third-order valence-corrected chi connectivity index (χ3v) is 2.87. The summed E-state index contributed by atoms with van der Waals surface area (Å²) in [5, 5.41) is 1.68. The summed E-state index contributed by atoms with van der Waals surface area (Å²) < 4.78 is 0. The van der Waals surface area contributed by atoms with Crippen LogP contribution in [-0.4, -0.2) is 10.3 Å². The topological polar surface area (TPSA) is 12.4 Å². The second-order valence-electron chi connectivity index (χ2n) is 2.84. The van der Waals surface area contributed by atoms with E-state index in [1.165, 1.54) is 16.3 Å². The zero-order valence-corrected chi connectivity index (χ0v) is 7.48. The van der Waals surface area contributed by atoms with Crippen molar-refractivity contribution in [2.45, 2.75) is 19.1 Å². The molecule has 1 aliphatic heterocycles. The summed E-state index contributed by atoms with van der Waals surface area (Å²) in [6.07, 6.45) is 6.50. The second kappa shape index (κ2) is 2.52. The van der Waals surface area contributed by atoms with Crippen LogP contribution < -0.4 is 0 Å². The maximum Gasteiger partial charge on any atom is 0.0713 e. The molecule has 57 valence electrons. The van der Waals surface area contributed by atoms with Crippen molar-refractivity contribution in [2.75, 3.05) is 0 Å². The lowest BCUT2D eigenvalue weighted by Crippen LogP contribution is -2.02. The fraction of sp³-hybridized carbons (Fsp3) is 0.333. The van der Waals surface area contributed by atoms with Crippen LogP contribution in [0.15, 0.2) is 28.4 Å². The van der Waals surface area contributed by atoms with Gasteiger partial charge in [0, 0.05) is 6.42 Å². The van der Waals surface area contributed by atoms with Crippen LogP contribution in [-0.2, 0) is 0 Å². The molecule has 0 saturated heterocycles. The van der Waals surface area contributed by atoms with Crippen LogP contribution in [0.4, 0.5) is 0 Å². The number of nitrogens with zero attached hydrogens (tertiary/aromatic N) is 1. The van der Waals surface area contributed by atoms with Crippen molar-refractivity contribution in [1.82, 2.24) is 0 Å². The Morgan fingerprint density at radius 1 is 1.45 bits per heavy atom. The van der Waals surface area contributed by atoms with E-state index in [1.54, 1.807) is 0 Å². The molecular formula is C9H10NS. The van der Waals surface area contributed by atoms with Crippen molar-refractivity contribution < 1.29 is 0 Å². The molecule has 1 radical (unpaired) electrons. The highest BCUT2D eigenvalue weighted by Crippen LogP contribution is 2.34. The van der Waals surface area contributed by atoms with Gasteiger partial charge in [0.15, 0.2) is 0 Å². The highest BCUT2D eigenvalue weighted by Gasteiger charge is 2.22. The van der Waals surface area contributed by atoms with Gasteiger partial charge in [0.2, 0.25) is 0 Å². The molecule has 0 N–H and O–H groups in total. The van der Waals surface area contributed by atoms with E-state index in [0.29, 0.717) is 5.25 Å². The molecule has 0 bridgehead atoms. The average Bonchev–Trinajstić information content (AvgIpc) is 2.27. The van der Waals surface area contributed by atoms with Crippen molar-refractivity contribution >= 4 is 16.8 Å². The molecule has 0 aromatic heterocycles. The van der Waals surface area contributed by atoms with E-state index < -0.39 is 0 Å². The zero-order chi connectivity index (χ0) is 7.84. The second-order valence-corrected chi connectivity index (χ2v) is 4.17. The molecule has 1 unspecified atom stereocenters. The maximum absolute atomic E-state index is 4.41. The van der Waals surface area contributed by atoms with Crippen molar-refractivity contribution in [3.8, 4) is 0 Å². The van der Waals surface area contributed by atoms with Gasteiger partial charge in [-0.05, 0) is 13.8 Å². The van der Waals surface area contributed by atoms with Gasteiger partial charge >= 0.3 is 0 Å². The standard InChI is InChI=1S/C9H10NS/c1-6-3-4-8-9(5-6)11-7(2)10-8/h3-5,9H,1-2H3. The van der Waals surface area contributed by atoms with Gasteiger partial charge < -0.3 is 0 Å². The van der Waals surface area contributed by atoms with Crippen LogP contribution in [0, 0.1) is 6.42 Å². The lowest BCUT2D eigenvalue weighted by molar-refractivity contribution is 1.14. The van der Waals surface area contributed by atoms with E-state index in [1.807, 2.05) is 11.8 Å². The van der Waals surface area contributed by atoms with Crippen LogP contribution in [0.5, 0.6) is 0 Å². The average molecular weight is 164 g/mol. The number of rotatable bonds is 0. The van der Waals surface area contributed by atoms with Crippen molar-refractivity contribution in [3.05, 3.63) is 29.8 Å². The lowest BCUT2D eigenvalue weighted by Gasteiger charge is -2.10. The molecule has 1 heterocycles. The van der Waals surface area contributed by atoms with Gasteiger partial charge in [0.05, 0.1) is 16.0 Å². The fourth-order valence-electron chi connectivity index (χ4n) is 1.28. The van der Waals surface area contributed by atoms with Crippen LogP contribution in [0.2, 0.25) is 0 Å². The Balaban J connectivity index is 2.27. The van der Waals surface area contributed by atoms with Crippen LogP contribution in [0.25, 0.3) is 0 Å². The molecule has 1 aliphatic carbocycles. The Bertz CT molecular complexity index is 273. The molecule has 0 fully saturated rings. The van der Waals surface area contributed by atoms with Gasteiger partial charge in [-0.25, -0.2) is 0 Å². The number of hydrogen-bond acceptors (Lipinski definition) is 2. The van der Waals surface area contributed by atoms with E-state index in [0.717, 1.165) is 0 Å². The summed E-state index contributed by atoms with van der Waals surface area (Å²) in [6, 6.07) is 0. The number of allylic oxidation sites excluding steroid dienone is 2. The molecule has 1 atom stereocenters. The van der Waals surface area contributed by atoms with Gasteiger partial charge in [0.1, 0.15) is 0 Å². The molecule has 0 aromatic rings. The highest BCUT2D eigenvalue weighted by atomic mass is 32.2. The molecule has 0 amide bonds. The van der Waals surface area contributed by atoms with Gasteiger partial charge in [-0.1, -0.05) is 29.5 Å². The SMILES string of the molecule is CC1=CC2SC(C)=NC2=C[CH]1. The van der Waals surface area contributed by atoms with E-state index in [-0.39, 0.29) is 0 Å².